The number of hydrogen-bond donors (Lipinski definition) is 2. The number of ether oxygens (including phenoxy) is 1. The van der Waals surface area contributed by atoms with Crippen LogP contribution in [0.3, 0.4) is 0 Å². The number of hydrogen-bond acceptors (Lipinski definition) is 4. The van der Waals surface area contributed by atoms with E-state index in [4.69, 9.17) is 4.74 Å². The van der Waals surface area contributed by atoms with Gasteiger partial charge in [0.1, 0.15) is 5.75 Å². The van der Waals surface area contributed by atoms with Crippen molar-refractivity contribution in [1.82, 2.24) is 10.3 Å². The van der Waals surface area contributed by atoms with Gasteiger partial charge in [0.15, 0.2) is 0 Å². The molecular formula is C20H20F3N3O2. The zero-order chi connectivity index (χ0) is 19.8. The summed E-state index contributed by atoms with van der Waals surface area (Å²) in [6.45, 7) is 1.92. The molecule has 1 saturated carbocycles. The van der Waals surface area contributed by atoms with Crippen LogP contribution in [0.25, 0.3) is 0 Å². The third-order valence-corrected chi connectivity index (χ3v) is 5.51. The zero-order valence-corrected chi connectivity index (χ0v) is 15.1. The van der Waals surface area contributed by atoms with Crippen molar-refractivity contribution in [2.75, 3.05) is 18.4 Å². The van der Waals surface area contributed by atoms with E-state index < -0.39 is 11.7 Å². The van der Waals surface area contributed by atoms with Crippen LogP contribution >= 0.6 is 0 Å². The number of halogens is 3. The predicted molar refractivity (Wildman–Crippen MR) is 97.0 cm³/mol. The number of amides is 1. The number of alkyl halides is 3. The molecule has 0 radical (unpaired) electrons. The average Bonchev–Trinajstić information content (AvgIpc) is 3.36. The highest BCUT2D eigenvalue weighted by Crippen LogP contribution is 2.58. The fourth-order valence-corrected chi connectivity index (χ4v) is 3.77. The van der Waals surface area contributed by atoms with Gasteiger partial charge in [0.2, 0.25) is 11.8 Å². The molecule has 2 fully saturated rings. The van der Waals surface area contributed by atoms with Gasteiger partial charge in [0, 0.05) is 12.0 Å². The molecule has 8 heteroatoms. The average molecular weight is 391 g/mol. The van der Waals surface area contributed by atoms with E-state index in [1.54, 1.807) is 12.1 Å². The van der Waals surface area contributed by atoms with Crippen molar-refractivity contribution in [2.24, 2.45) is 11.3 Å². The maximum atomic E-state index is 12.6. The van der Waals surface area contributed by atoms with Crippen LogP contribution in [0.4, 0.5) is 18.9 Å². The Morgan fingerprint density at radius 2 is 1.86 bits per heavy atom. The van der Waals surface area contributed by atoms with Gasteiger partial charge in [-0.05, 0) is 68.1 Å². The Morgan fingerprint density at radius 1 is 1.14 bits per heavy atom. The summed E-state index contributed by atoms with van der Waals surface area (Å²) in [5.41, 5.74) is -0.00721. The minimum absolute atomic E-state index is 0.0140. The van der Waals surface area contributed by atoms with E-state index in [0.717, 1.165) is 44.5 Å². The van der Waals surface area contributed by atoms with Gasteiger partial charge in [-0.2, -0.15) is 13.2 Å². The van der Waals surface area contributed by atoms with Gasteiger partial charge in [-0.1, -0.05) is 0 Å². The van der Waals surface area contributed by atoms with Gasteiger partial charge in [0.25, 0.3) is 0 Å². The lowest BCUT2D eigenvalue weighted by molar-refractivity contribution is -0.137. The summed E-state index contributed by atoms with van der Waals surface area (Å²) < 4.78 is 43.2. The second-order valence-electron chi connectivity index (χ2n) is 7.37. The predicted octanol–water partition coefficient (Wildman–Crippen LogP) is 4.22. The summed E-state index contributed by atoms with van der Waals surface area (Å²) in [6, 6.07) is 7.63. The largest absolute Gasteiger partial charge is 0.439 e. The smallest absolute Gasteiger partial charge is 0.416 e. The standard InChI is InChI=1S/C20H20F3N3O2/c21-20(22,23)13-1-4-15(5-2-13)28-17-6-3-14(12-25-17)26-18(27)16-11-19(16)7-9-24-10-8-19/h1-6,12,16,24H,7-11H2,(H,26,27). The molecule has 1 saturated heterocycles. The summed E-state index contributed by atoms with van der Waals surface area (Å²) in [7, 11) is 0. The molecule has 1 unspecified atom stereocenters. The third-order valence-electron chi connectivity index (χ3n) is 5.51. The number of pyridine rings is 1. The second-order valence-corrected chi connectivity index (χ2v) is 7.37. The van der Waals surface area contributed by atoms with Crippen LogP contribution in [-0.2, 0) is 11.0 Å². The van der Waals surface area contributed by atoms with E-state index in [9.17, 15) is 18.0 Å². The van der Waals surface area contributed by atoms with Crippen LogP contribution in [0.1, 0.15) is 24.8 Å². The van der Waals surface area contributed by atoms with E-state index >= 15 is 0 Å². The van der Waals surface area contributed by atoms with Crippen molar-refractivity contribution in [3.63, 3.8) is 0 Å². The van der Waals surface area contributed by atoms with Crippen LogP contribution in [-0.4, -0.2) is 24.0 Å². The number of rotatable bonds is 4. The maximum Gasteiger partial charge on any atom is 0.416 e. The summed E-state index contributed by atoms with van der Waals surface area (Å²) in [5.74, 6) is 0.555. The number of nitrogens with one attached hydrogen (secondary N) is 2. The van der Waals surface area contributed by atoms with E-state index in [2.05, 4.69) is 15.6 Å². The first-order chi connectivity index (χ1) is 13.4. The molecule has 2 aliphatic rings. The Labute approximate surface area is 160 Å². The van der Waals surface area contributed by atoms with Gasteiger partial charge < -0.3 is 15.4 Å². The van der Waals surface area contributed by atoms with Gasteiger partial charge in [0.05, 0.1) is 17.4 Å². The molecule has 2 N–H and O–H groups in total. The lowest BCUT2D eigenvalue weighted by Gasteiger charge is -2.23. The van der Waals surface area contributed by atoms with Crippen LogP contribution in [0.2, 0.25) is 0 Å². The number of benzene rings is 1. The molecule has 1 aromatic carbocycles. The zero-order valence-electron chi connectivity index (χ0n) is 15.1. The van der Waals surface area contributed by atoms with Gasteiger partial charge in [-0.15, -0.1) is 0 Å². The Kier molecular flexibility index (Phi) is 4.74. The van der Waals surface area contributed by atoms with E-state index in [0.29, 0.717) is 5.69 Å². The van der Waals surface area contributed by atoms with Gasteiger partial charge in [-0.3, -0.25) is 4.79 Å². The molecule has 148 valence electrons. The number of nitrogens with zero attached hydrogens (tertiary/aromatic N) is 1. The van der Waals surface area contributed by atoms with Gasteiger partial charge in [-0.25, -0.2) is 4.98 Å². The van der Waals surface area contributed by atoms with E-state index in [-0.39, 0.29) is 28.9 Å². The molecule has 1 aliphatic carbocycles. The highest BCUT2D eigenvalue weighted by molar-refractivity contribution is 5.95. The topological polar surface area (TPSA) is 63.2 Å². The molecular weight excluding hydrogens is 371 g/mol. The van der Waals surface area contributed by atoms with E-state index in [1.165, 1.54) is 18.3 Å². The number of piperidine rings is 1. The number of aromatic nitrogens is 1. The summed E-state index contributed by atoms with van der Waals surface area (Å²) >= 11 is 0. The summed E-state index contributed by atoms with van der Waals surface area (Å²) in [4.78, 5) is 16.6. The molecule has 5 nitrogen and oxygen atoms in total. The molecule has 1 aromatic heterocycles. The van der Waals surface area contributed by atoms with Crippen LogP contribution in [0.15, 0.2) is 42.6 Å². The van der Waals surface area contributed by atoms with Crippen molar-refractivity contribution in [1.29, 1.82) is 0 Å². The lowest BCUT2D eigenvalue weighted by atomic mass is 9.92. The summed E-state index contributed by atoms with van der Waals surface area (Å²) in [5, 5.41) is 6.20. The van der Waals surface area contributed by atoms with Crippen molar-refractivity contribution in [3.05, 3.63) is 48.2 Å². The quantitative estimate of drug-likeness (QED) is 0.819. The molecule has 2 heterocycles. The highest BCUT2D eigenvalue weighted by Gasteiger charge is 2.57. The van der Waals surface area contributed by atoms with Crippen molar-refractivity contribution < 1.29 is 22.7 Å². The molecule has 1 aliphatic heterocycles. The van der Waals surface area contributed by atoms with Crippen LogP contribution in [0.5, 0.6) is 11.6 Å². The highest BCUT2D eigenvalue weighted by atomic mass is 19.4. The van der Waals surface area contributed by atoms with E-state index in [1.807, 2.05) is 0 Å². The minimum Gasteiger partial charge on any atom is -0.439 e. The van der Waals surface area contributed by atoms with Gasteiger partial charge >= 0.3 is 6.18 Å². The monoisotopic (exact) mass is 391 g/mol. The fraction of sp³-hybridized carbons (Fsp3) is 0.400. The summed E-state index contributed by atoms with van der Waals surface area (Å²) in [6.07, 6.45) is 0.0925. The Balaban J connectivity index is 1.33. The molecule has 28 heavy (non-hydrogen) atoms. The lowest BCUT2D eigenvalue weighted by Crippen LogP contribution is -2.31. The molecule has 2 aromatic rings. The number of carbonyl (C=O) groups is 1. The number of carbonyl (C=O) groups excluding carboxylic acids is 1. The Morgan fingerprint density at radius 3 is 2.46 bits per heavy atom. The van der Waals surface area contributed by atoms with Crippen LogP contribution in [0, 0.1) is 11.3 Å². The third kappa shape index (κ3) is 3.96. The molecule has 0 bridgehead atoms. The van der Waals surface area contributed by atoms with Crippen molar-refractivity contribution in [2.45, 2.75) is 25.4 Å². The first-order valence-electron chi connectivity index (χ1n) is 9.19. The molecule has 1 atom stereocenters. The first-order valence-corrected chi connectivity index (χ1v) is 9.19. The Bertz CT molecular complexity index is 844. The SMILES string of the molecule is O=C(Nc1ccc(Oc2ccc(C(F)(F)F)cc2)nc1)C1CC12CCNCC2. The molecule has 1 amide bonds. The Hall–Kier alpha value is -2.61. The minimum atomic E-state index is -4.38. The second kappa shape index (κ2) is 7.09. The molecule has 4 rings (SSSR count). The normalized spacial score (nSPS) is 20.6. The maximum absolute atomic E-state index is 12.6. The number of anilines is 1. The van der Waals surface area contributed by atoms with Crippen LogP contribution < -0.4 is 15.4 Å². The van der Waals surface area contributed by atoms with Crippen molar-refractivity contribution in [3.8, 4) is 11.6 Å². The fourth-order valence-electron chi connectivity index (χ4n) is 3.77. The molecule has 1 spiro atoms. The van der Waals surface area contributed by atoms with Crippen molar-refractivity contribution >= 4 is 11.6 Å². The first kappa shape index (κ1) is 18.7.